The largest absolute Gasteiger partial charge is 0.357 e. The topological polar surface area (TPSA) is 46.9 Å². The van der Waals surface area contributed by atoms with E-state index in [2.05, 4.69) is 12.2 Å². The average molecular weight is 272 g/mol. The Morgan fingerprint density at radius 1 is 1.07 bits per heavy atom. The Hall–Kier alpha value is 0.400. The fourth-order valence-corrected chi connectivity index (χ4v) is 3.03. The first-order valence-corrected chi connectivity index (χ1v) is 6.84. The minimum Gasteiger partial charge on any atom is -0.357 e. The van der Waals surface area contributed by atoms with Crippen molar-refractivity contribution in [1.82, 2.24) is 10.1 Å². The normalized spacial score (nSPS) is 9.71. The molecule has 4 nitrogen and oxygen atoms in total. The van der Waals surface area contributed by atoms with E-state index in [-0.39, 0.29) is 9.55 Å². The van der Waals surface area contributed by atoms with Gasteiger partial charge in [0.05, 0.1) is 0 Å². The summed E-state index contributed by atoms with van der Waals surface area (Å²) in [7, 11) is 2.28. The number of nitrogens with zero attached hydrogens (tertiary/aromatic N) is 2. The zero-order valence-electron chi connectivity index (χ0n) is 7.84. The summed E-state index contributed by atoms with van der Waals surface area (Å²) < 4.78 is 0.647. The van der Waals surface area contributed by atoms with Gasteiger partial charge in [0.1, 0.15) is 4.32 Å². The van der Waals surface area contributed by atoms with Gasteiger partial charge < -0.3 is 4.90 Å². The summed E-state index contributed by atoms with van der Waals surface area (Å²) in [6.45, 7) is 5.67. The quantitative estimate of drug-likeness (QED) is 0.451. The molecule has 0 aromatic carbocycles. The van der Waals surface area contributed by atoms with Crippen molar-refractivity contribution in [1.29, 1.82) is 0 Å². The van der Waals surface area contributed by atoms with Gasteiger partial charge in [-0.15, -0.1) is 5.23 Å². The summed E-state index contributed by atoms with van der Waals surface area (Å²) >= 11 is 9.75. The molecule has 0 amide bonds. The average Bonchev–Trinajstić information content (AvgIpc) is 2.15. The van der Waals surface area contributed by atoms with Crippen LogP contribution in [0.1, 0.15) is 13.8 Å². The second-order valence-corrected chi connectivity index (χ2v) is 5.56. The van der Waals surface area contributed by atoms with Crippen LogP contribution in [0.25, 0.3) is 0 Å². The zero-order valence-corrected chi connectivity index (χ0v) is 11.1. The Balaban J connectivity index is 3.89. The van der Waals surface area contributed by atoms with E-state index in [1.165, 1.54) is 10.8 Å². The third-order valence-electron chi connectivity index (χ3n) is 1.37. The fourth-order valence-electron chi connectivity index (χ4n) is 0.639. The molecule has 0 saturated carbocycles. The second-order valence-electron chi connectivity index (χ2n) is 2.16. The second kappa shape index (κ2) is 7.66. The molecule has 0 saturated heterocycles. The molecular formula is C6H12N2O2S4. The maximum absolute atomic E-state index is 8.54. The molecule has 0 aliphatic heterocycles. The molecule has 0 aromatic rings. The Labute approximate surface area is 102 Å². The number of hydrogen-bond acceptors (Lipinski definition) is 6. The molecule has 0 bridgehead atoms. The molecule has 0 aromatic heterocycles. The highest BCUT2D eigenvalue weighted by atomic mass is 33.1. The summed E-state index contributed by atoms with van der Waals surface area (Å²) in [5, 5.41) is 17.0. The van der Waals surface area contributed by atoms with Crippen LogP contribution in [-0.4, -0.2) is 42.3 Å². The summed E-state index contributed by atoms with van der Waals surface area (Å²) in [6, 6.07) is 0. The molecule has 0 rings (SSSR count). The lowest BCUT2D eigenvalue weighted by molar-refractivity contribution is -0.239. The van der Waals surface area contributed by atoms with Gasteiger partial charge in [-0.05, 0) is 47.7 Å². The third-order valence-corrected chi connectivity index (χ3v) is 4.91. The first-order valence-electron chi connectivity index (χ1n) is 3.88. The molecule has 82 valence electrons. The van der Waals surface area contributed by atoms with Gasteiger partial charge in [-0.2, -0.15) is 0 Å². The van der Waals surface area contributed by atoms with E-state index in [9.17, 15) is 0 Å². The molecule has 0 aliphatic carbocycles. The Bertz CT molecular complexity index is 208. The highest BCUT2D eigenvalue weighted by Gasteiger charge is 2.10. The van der Waals surface area contributed by atoms with Gasteiger partial charge >= 0.3 is 0 Å². The van der Waals surface area contributed by atoms with Crippen molar-refractivity contribution in [2.75, 3.05) is 13.1 Å². The molecular weight excluding hydrogens is 260 g/mol. The van der Waals surface area contributed by atoms with E-state index in [1.807, 2.05) is 18.7 Å². The van der Waals surface area contributed by atoms with E-state index in [0.29, 0.717) is 4.32 Å². The van der Waals surface area contributed by atoms with E-state index in [4.69, 9.17) is 22.6 Å². The van der Waals surface area contributed by atoms with Crippen LogP contribution in [0.3, 0.4) is 0 Å². The van der Waals surface area contributed by atoms with Gasteiger partial charge in [0, 0.05) is 13.1 Å². The van der Waals surface area contributed by atoms with Gasteiger partial charge in [-0.25, -0.2) is 0 Å². The van der Waals surface area contributed by atoms with E-state index >= 15 is 0 Å². The van der Waals surface area contributed by atoms with Crippen LogP contribution in [0, 0.1) is 0 Å². The molecule has 0 heterocycles. The van der Waals surface area contributed by atoms with Crippen LogP contribution in [-0.2, 0) is 0 Å². The van der Waals surface area contributed by atoms with Crippen molar-refractivity contribution < 1.29 is 10.4 Å². The molecule has 0 fully saturated rings. The van der Waals surface area contributed by atoms with Gasteiger partial charge in [0.2, 0.25) is 4.32 Å². The van der Waals surface area contributed by atoms with Crippen LogP contribution >= 0.6 is 46.0 Å². The highest BCUT2D eigenvalue weighted by molar-refractivity contribution is 8.89. The molecule has 0 unspecified atom stereocenters. The first kappa shape index (κ1) is 14.4. The van der Waals surface area contributed by atoms with Crippen LogP contribution in [0.2, 0.25) is 0 Å². The molecule has 2 N–H and O–H groups in total. The maximum atomic E-state index is 8.54. The van der Waals surface area contributed by atoms with E-state index in [1.54, 1.807) is 0 Å². The standard InChI is InChI=1S/C6H12N2O2S4/c1-3-7(4-2)5(11)13-14-6(12)8(9)10/h9-10H,3-4H2,1-2H3. The van der Waals surface area contributed by atoms with Crippen molar-refractivity contribution in [3.05, 3.63) is 0 Å². The summed E-state index contributed by atoms with van der Waals surface area (Å²) in [6.07, 6.45) is 0. The van der Waals surface area contributed by atoms with Gasteiger partial charge in [0.25, 0.3) is 0 Å². The third kappa shape index (κ3) is 5.32. The molecule has 0 spiro atoms. The molecule has 0 aliphatic rings. The predicted octanol–water partition coefficient (Wildman–Crippen LogP) is 2.36. The minimum atomic E-state index is -0.0855. The van der Waals surface area contributed by atoms with Crippen LogP contribution in [0.5, 0.6) is 0 Å². The Morgan fingerprint density at radius 3 is 1.86 bits per heavy atom. The van der Waals surface area contributed by atoms with Crippen LogP contribution in [0.4, 0.5) is 0 Å². The van der Waals surface area contributed by atoms with Gasteiger partial charge in [-0.1, -0.05) is 12.2 Å². The monoisotopic (exact) mass is 272 g/mol. The lowest BCUT2D eigenvalue weighted by Gasteiger charge is -2.20. The van der Waals surface area contributed by atoms with Crippen molar-refractivity contribution in [2.45, 2.75) is 13.8 Å². The van der Waals surface area contributed by atoms with Crippen LogP contribution in [0.15, 0.2) is 0 Å². The molecule has 0 atom stereocenters. The number of thiocarbonyl (C=S) groups is 2. The first-order chi connectivity index (χ1) is 6.52. The SMILES string of the molecule is CCN(CC)C(=S)SSC(=S)N(O)O. The maximum Gasteiger partial charge on any atom is 0.201 e. The molecule has 14 heavy (non-hydrogen) atoms. The summed E-state index contributed by atoms with van der Waals surface area (Å²) in [5.74, 6) is 0. The lowest BCUT2D eigenvalue weighted by Crippen LogP contribution is -2.26. The summed E-state index contributed by atoms with van der Waals surface area (Å²) in [5.41, 5.74) is 0. The van der Waals surface area contributed by atoms with Gasteiger partial charge in [-0.3, -0.25) is 10.4 Å². The van der Waals surface area contributed by atoms with Crippen LogP contribution < -0.4 is 0 Å². The summed E-state index contributed by atoms with van der Waals surface area (Å²) in [4.78, 5) is 1.98. The smallest absolute Gasteiger partial charge is 0.201 e. The predicted molar refractivity (Wildman–Crippen MR) is 68.7 cm³/mol. The van der Waals surface area contributed by atoms with Crippen molar-refractivity contribution in [3.63, 3.8) is 0 Å². The van der Waals surface area contributed by atoms with Gasteiger partial charge in [0.15, 0.2) is 0 Å². The number of hydroxylamine groups is 2. The minimum absolute atomic E-state index is 0.0375. The Morgan fingerprint density at radius 2 is 1.50 bits per heavy atom. The van der Waals surface area contributed by atoms with Crippen molar-refractivity contribution in [3.8, 4) is 0 Å². The highest BCUT2D eigenvalue weighted by Crippen LogP contribution is 2.27. The van der Waals surface area contributed by atoms with Crippen molar-refractivity contribution in [2.24, 2.45) is 0 Å². The zero-order chi connectivity index (χ0) is 11.1. The number of rotatable bonds is 2. The van der Waals surface area contributed by atoms with E-state index < -0.39 is 0 Å². The van der Waals surface area contributed by atoms with E-state index in [0.717, 1.165) is 23.9 Å². The lowest BCUT2D eigenvalue weighted by atomic mass is 10.6. The number of hydrogen-bond donors (Lipinski definition) is 2. The van der Waals surface area contributed by atoms with Crippen molar-refractivity contribution >= 4 is 54.7 Å². The fraction of sp³-hybridized carbons (Fsp3) is 0.667. The molecule has 8 heteroatoms. The molecule has 0 radical (unpaired) electrons. The Kier molecular flexibility index (Phi) is 7.88.